The van der Waals surface area contributed by atoms with Gasteiger partial charge in [-0.25, -0.2) is 0 Å². The van der Waals surface area contributed by atoms with Crippen LogP contribution in [0.25, 0.3) is 0 Å². The first-order valence-corrected chi connectivity index (χ1v) is 9.53. The van der Waals surface area contributed by atoms with Gasteiger partial charge in [0.2, 0.25) is 5.91 Å². The van der Waals surface area contributed by atoms with Crippen LogP contribution in [-0.4, -0.2) is 49.3 Å². The number of carbonyl (C=O) groups excluding carboxylic acids is 1. The van der Waals surface area contributed by atoms with Gasteiger partial charge in [0.15, 0.2) is 0 Å². The van der Waals surface area contributed by atoms with Gasteiger partial charge in [0.05, 0.1) is 13.2 Å². The predicted octanol–water partition coefficient (Wildman–Crippen LogP) is 2.34. The highest BCUT2D eigenvalue weighted by molar-refractivity contribution is 5.80. The van der Waals surface area contributed by atoms with Gasteiger partial charge in [0.1, 0.15) is 11.9 Å². The van der Waals surface area contributed by atoms with Gasteiger partial charge < -0.3 is 14.8 Å². The molecule has 25 heavy (non-hydrogen) atoms. The first-order chi connectivity index (χ1) is 12.2. The fourth-order valence-electron chi connectivity index (χ4n) is 4.05. The molecular formula is C20H28N2O3. The van der Waals surface area contributed by atoms with E-state index in [0.29, 0.717) is 12.0 Å². The Labute approximate surface area is 149 Å². The van der Waals surface area contributed by atoms with Crippen LogP contribution in [0.1, 0.15) is 37.7 Å². The molecule has 0 bridgehead atoms. The third-order valence-electron chi connectivity index (χ3n) is 5.76. The van der Waals surface area contributed by atoms with Crippen molar-refractivity contribution in [1.29, 1.82) is 0 Å². The minimum Gasteiger partial charge on any atom is -0.497 e. The topological polar surface area (TPSA) is 50.8 Å². The average Bonchev–Trinajstić information content (AvgIpc) is 3.40. The summed E-state index contributed by atoms with van der Waals surface area (Å²) >= 11 is 0. The fraction of sp³-hybridized carbons (Fsp3) is 0.650. The highest BCUT2D eigenvalue weighted by atomic mass is 16.5. The van der Waals surface area contributed by atoms with Crippen LogP contribution in [0.4, 0.5) is 0 Å². The molecular weight excluding hydrogens is 316 g/mol. The van der Waals surface area contributed by atoms with Crippen molar-refractivity contribution in [3.63, 3.8) is 0 Å². The van der Waals surface area contributed by atoms with Crippen LogP contribution in [0.5, 0.6) is 5.75 Å². The van der Waals surface area contributed by atoms with Crippen LogP contribution >= 0.6 is 0 Å². The highest BCUT2D eigenvalue weighted by Gasteiger charge is 2.41. The van der Waals surface area contributed by atoms with E-state index < -0.39 is 0 Å². The van der Waals surface area contributed by atoms with Gasteiger partial charge in [-0.3, -0.25) is 9.69 Å². The summed E-state index contributed by atoms with van der Waals surface area (Å²) in [6.07, 6.45) is 5.37. The maximum atomic E-state index is 12.3. The van der Waals surface area contributed by atoms with Gasteiger partial charge in [-0.2, -0.15) is 0 Å². The minimum absolute atomic E-state index is 0.0963. The fourth-order valence-corrected chi connectivity index (χ4v) is 4.05. The first-order valence-electron chi connectivity index (χ1n) is 9.53. The Morgan fingerprint density at radius 2 is 2.00 bits per heavy atom. The molecule has 4 rings (SSSR count). The van der Waals surface area contributed by atoms with E-state index in [1.165, 1.54) is 18.4 Å². The lowest BCUT2D eigenvalue weighted by Gasteiger charge is -2.35. The van der Waals surface area contributed by atoms with E-state index in [1.807, 2.05) is 12.1 Å². The number of nitrogens with one attached hydrogen (secondary N) is 1. The molecule has 1 N–H and O–H groups in total. The van der Waals surface area contributed by atoms with Gasteiger partial charge in [-0.1, -0.05) is 12.1 Å². The van der Waals surface area contributed by atoms with E-state index in [2.05, 4.69) is 22.3 Å². The van der Waals surface area contributed by atoms with E-state index >= 15 is 0 Å². The molecule has 0 radical (unpaired) electrons. The van der Waals surface area contributed by atoms with Gasteiger partial charge in [0.25, 0.3) is 0 Å². The molecule has 2 aliphatic heterocycles. The zero-order valence-corrected chi connectivity index (χ0v) is 14.9. The summed E-state index contributed by atoms with van der Waals surface area (Å²) in [7, 11) is 1.69. The maximum Gasteiger partial charge on any atom is 0.249 e. The smallest absolute Gasteiger partial charge is 0.249 e. The Balaban J connectivity index is 1.29. The van der Waals surface area contributed by atoms with Crippen molar-refractivity contribution < 1.29 is 14.3 Å². The van der Waals surface area contributed by atoms with Crippen LogP contribution in [0, 0.1) is 5.92 Å². The monoisotopic (exact) mass is 344 g/mol. The van der Waals surface area contributed by atoms with E-state index in [9.17, 15) is 4.79 Å². The third-order valence-corrected chi connectivity index (χ3v) is 5.76. The molecule has 0 spiro atoms. The largest absolute Gasteiger partial charge is 0.497 e. The number of nitrogens with zero attached hydrogens (tertiary/aromatic N) is 1. The molecule has 1 amide bonds. The normalized spacial score (nSPS) is 29.2. The third kappa shape index (κ3) is 3.98. The number of benzene rings is 1. The lowest BCUT2D eigenvalue weighted by molar-refractivity contribution is -0.144. The summed E-state index contributed by atoms with van der Waals surface area (Å²) in [6, 6.07) is 8.73. The molecule has 0 aromatic heterocycles. The molecule has 5 nitrogen and oxygen atoms in total. The van der Waals surface area contributed by atoms with E-state index in [-0.39, 0.29) is 18.1 Å². The molecule has 2 saturated heterocycles. The number of rotatable bonds is 6. The van der Waals surface area contributed by atoms with Crippen LogP contribution in [-0.2, 0) is 16.1 Å². The zero-order valence-electron chi connectivity index (χ0n) is 14.9. The second-order valence-corrected chi connectivity index (χ2v) is 7.60. The zero-order chi connectivity index (χ0) is 17.2. The van der Waals surface area contributed by atoms with Crippen molar-refractivity contribution in [2.75, 3.05) is 20.2 Å². The number of hydrogen-bond acceptors (Lipinski definition) is 4. The van der Waals surface area contributed by atoms with Crippen LogP contribution in [0.2, 0.25) is 0 Å². The van der Waals surface area contributed by atoms with Crippen molar-refractivity contribution in [2.45, 2.75) is 56.9 Å². The summed E-state index contributed by atoms with van der Waals surface area (Å²) in [5, 5.41) is 3.07. The second kappa shape index (κ2) is 7.34. The van der Waals surface area contributed by atoms with Gasteiger partial charge in [-0.15, -0.1) is 0 Å². The van der Waals surface area contributed by atoms with Crippen molar-refractivity contribution in [1.82, 2.24) is 10.2 Å². The van der Waals surface area contributed by atoms with Gasteiger partial charge in [-0.05, 0) is 55.7 Å². The number of methoxy groups -OCH3 is 1. The number of hydrogen-bond donors (Lipinski definition) is 1. The molecule has 1 aliphatic carbocycles. The number of carbonyl (C=O) groups is 1. The Hall–Kier alpha value is -1.59. The number of amides is 1. The maximum absolute atomic E-state index is 12.3. The minimum atomic E-state index is -0.249. The quantitative estimate of drug-likeness (QED) is 0.861. The van der Waals surface area contributed by atoms with E-state index in [1.54, 1.807) is 7.11 Å². The van der Waals surface area contributed by atoms with Crippen molar-refractivity contribution in [2.24, 2.45) is 5.92 Å². The lowest BCUT2D eigenvalue weighted by Crippen LogP contribution is -2.47. The molecule has 136 valence electrons. The van der Waals surface area contributed by atoms with Crippen LogP contribution < -0.4 is 10.1 Å². The molecule has 5 heteroatoms. The number of ether oxygens (including phenoxy) is 2. The second-order valence-electron chi connectivity index (χ2n) is 7.60. The Morgan fingerprint density at radius 3 is 2.72 bits per heavy atom. The average molecular weight is 344 g/mol. The summed E-state index contributed by atoms with van der Waals surface area (Å²) in [6.45, 7) is 2.81. The molecule has 2 heterocycles. The Morgan fingerprint density at radius 1 is 1.20 bits per heavy atom. The van der Waals surface area contributed by atoms with Crippen LogP contribution in [0.15, 0.2) is 24.3 Å². The van der Waals surface area contributed by atoms with Crippen LogP contribution in [0.3, 0.4) is 0 Å². The highest BCUT2D eigenvalue weighted by Crippen LogP contribution is 2.33. The molecule has 3 atom stereocenters. The van der Waals surface area contributed by atoms with E-state index in [0.717, 1.165) is 44.6 Å². The summed E-state index contributed by atoms with van der Waals surface area (Å²) < 4.78 is 11.4. The first kappa shape index (κ1) is 16.9. The molecule has 3 aliphatic rings. The molecule has 0 unspecified atom stereocenters. The van der Waals surface area contributed by atoms with Crippen molar-refractivity contribution in [3.05, 3.63) is 29.8 Å². The Bertz CT molecular complexity index is 599. The van der Waals surface area contributed by atoms with E-state index in [4.69, 9.17) is 9.47 Å². The SMILES string of the molecule is COc1ccc(CN2CC[C@H]3O[C@@H](C(=O)NCC4CC4)CC[C@H]32)cc1. The summed E-state index contributed by atoms with van der Waals surface area (Å²) in [5.74, 6) is 1.70. The molecule has 1 saturated carbocycles. The molecule has 1 aromatic carbocycles. The molecule has 1 aromatic rings. The number of likely N-dealkylation sites (tertiary alicyclic amines) is 1. The van der Waals surface area contributed by atoms with Crippen molar-refractivity contribution >= 4 is 5.91 Å². The summed E-state index contributed by atoms with van der Waals surface area (Å²) in [5.41, 5.74) is 1.30. The van der Waals surface area contributed by atoms with Crippen molar-refractivity contribution in [3.8, 4) is 5.75 Å². The summed E-state index contributed by atoms with van der Waals surface area (Å²) in [4.78, 5) is 14.8. The van der Waals surface area contributed by atoms with Gasteiger partial charge in [0, 0.05) is 25.7 Å². The van der Waals surface area contributed by atoms with Gasteiger partial charge >= 0.3 is 0 Å². The number of fused-ring (bicyclic) bond motifs is 1. The predicted molar refractivity (Wildman–Crippen MR) is 95.4 cm³/mol. The Kier molecular flexibility index (Phi) is 4.95. The standard InChI is InChI=1S/C20H28N2O3/c1-24-16-6-4-15(5-7-16)13-22-11-10-18-17(22)8-9-19(25-18)20(23)21-12-14-2-3-14/h4-7,14,17-19H,2-3,8-13H2,1H3,(H,21,23)/t17-,18-,19-/m1/s1. The lowest BCUT2D eigenvalue weighted by atomic mass is 9.98. The molecule has 3 fully saturated rings.